The Bertz CT molecular complexity index is 789. The molecule has 2 atom stereocenters. The first-order chi connectivity index (χ1) is 12.7. The van der Waals surface area contributed by atoms with E-state index >= 15 is 0 Å². The molecule has 7 heteroatoms. The summed E-state index contributed by atoms with van der Waals surface area (Å²) in [6.45, 7) is 2.91. The van der Waals surface area contributed by atoms with Gasteiger partial charge < -0.3 is 19.5 Å². The fourth-order valence-corrected chi connectivity index (χ4v) is 4.30. The Morgan fingerprint density at radius 3 is 2.89 bits per heavy atom. The van der Waals surface area contributed by atoms with Gasteiger partial charge in [-0.3, -0.25) is 9.59 Å². The molecule has 2 saturated heterocycles. The minimum Gasteiger partial charge on any atom is -0.451 e. The third-order valence-corrected chi connectivity index (χ3v) is 5.67. The second-order valence-corrected chi connectivity index (χ2v) is 7.25. The Morgan fingerprint density at radius 1 is 1.30 bits per heavy atom. The van der Waals surface area contributed by atoms with Crippen LogP contribution in [0.5, 0.6) is 0 Å². The zero-order chi connectivity index (χ0) is 18.1. The van der Waals surface area contributed by atoms with Crippen LogP contribution in [0.2, 0.25) is 0 Å². The van der Waals surface area contributed by atoms with Gasteiger partial charge in [0.2, 0.25) is 5.91 Å². The smallest absolute Gasteiger partial charge is 0.289 e. The quantitative estimate of drug-likeness (QED) is 0.869. The van der Waals surface area contributed by atoms with Crippen LogP contribution >= 0.6 is 12.4 Å². The van der Waals surface area contributed by atoms with Gasteiger partial charge in [0, 0.05) is 44.0 Å². The van der Waals surface area contributed by atoms with Crippen LogP contribution in [-0.2, 0) is 4.79 Å². The molecule has 2 fully saturated rings. The zero-order valence-electron chi connectivity index (χ0n) is 15.5. The standard InChI is InChI=1S/C20H25N3O3.ClH/c1-21-9-11-23-16-8-10-22(13-15(16)6-7-19(23)24)20(25)18-12-14-4-2-3-5-17(14)26-18;/h2-5,12,15-16,21H,6-11,13H2,1H3;1H/t15-,16+;/m0./s1. The Kier molecular flexibility index (Phi) is 6.07. The van der Waals surface area contributed by atoms with Crippen molar-refractivity contribution >= 4 is 35.2 Å². The first kappa shape index (κ1) is 19.7. The lowest BCUT2D eigenvalue weighted by atomic mass is 9.83. The highest BCUT2D eigenvalue weighted by Gasteiger charge is 2.40. The number of hydrogen-bond donors (Lipinski definition) is 1. The van der Waals surface area contributed by atoms with Gasteiger partial charge in [0.15, 0.2) is 5.76 Å². The van der Waals surface area contributed by atoms with E-state index < -0.39 is 0 Å². The third kappa shape index (κ3) is 3.82. The third-order valence-electron chi connectivity index (χ3n) is 5.67. The number of hydrogen-bond acceptors (Lipinski definition) is 4. The first-order valence-electron chi connectivity index (χ1n) is 9.39. The van der Waals surface area contributed by atoms with Crippen molar-refractivity contribution in [3.05, 3.63) is 36.1 Å². The Morgan fingerprint density at radius 2 is 2.11 bits per heavy atom. The van der Waals surface area contributed by atoms with E-state index in [0.29, 0.717) is 31.2 Å². The average Bonchev–Trinajstić information content (AvgIpc) is 3.10. The molecule has 0 saturated carbocycles. The molecule has 0 spiro atoms. The van der Waals surface area contributed by atoms with Gasteiger partial charge in [-0.2, -0.15) is 0 Å². The maximum atomic E-state index is 12.9. The molecule has 1 N–H and O–H groups in total. The predicted molar refractivity (Wildman–Crippen MR) is 106 cm³/mol. The van der Waals surface area contributed by atoms with E-state index in [2.05, 4.69) is 5.32 Å². The summed E-state index contributed by atoms with van der Waals surface area (Å²) >= 11 is 0. The number of nitrogens with one attached hydrogen (secondary N) is 1. The van der Waals surface area contributed by atoms with E-state index in [0.717, 1.165) is 36.9 Å². The molecule has 0 radical (unpaired) electrons. The molecule has 146 valence electrons. The summed E-state index contributed by atoms with van der Waals surface area (Å²) in [5, 5.41) is 4.07. The molecule has 0 bridgehead atoms. The van der Waals surface area contributed by atoms with Gasteiger partial charge in [-0.1, -0.05) is 18.2 Å². The van der Waals surface area contributed by atoms with Crippen LogP contribution in [0.25, 0.3) is 11.0 Å². The second kappa shape index (κ2) is 8.31. The van der Waals surface area contributed by atoms with E-state index in [9.17, 15) is 9.59 Å². The zero-order valence-corrected chi connectivity index (χ0v) is 16.3. The maximum Gasteiger partial charge on any atom is 0.289 e. The van der Waals surface area contributed by atoms with Gasteiger partial charge in [0.25, 0.3) is 5.91 Å². The monoisotopic (exact) mass is 391 g/mol. The second-order valence-electron chi connectivity index (χ2n) is 7.25. The Hall–Kier alpha value is -2.05. The van der Waals surface area contributed by atoms with Gasteiger partial charge in [-0.15, -0.1) is 12.4 Å². The van der Waals surface area contributed by atoms with Crippen LogP contribution in [0.15, 0.2) is 34.7 Å². The highest BCUT2D eigenvalue weighted by Crippen LogP contribution is 2.32. The molecular weight excluding hydrogens is 366 g/mol. The predicted octanol–water partition coefficient (Wildman–Crippen LogP) is 2.53. The molecule has 2 aromatic rings. The molecule has 1 aromatic carbocycles. The van der Waals surface area contributed by atoms with E-state index in [1.165, 1.54) is 0 Å². The highest BCUT2D eigenvalue weighted by atomic mass is 35.5. The summed E-state index contributed by atoms with van der Waals surface area (Å²) in [7, 11) is 1.90. The van der Waals surface area contributed by atoms with E-state index in [-0.39, 0.29) is 30.3 Å². The number of benzene rings is 1. The van der Waals surface area contributed by atoms with Crippen molar-refractivity contribution in [1.82, 2.24) is 15.1 Å². The number of likely N-dealkylation sites (tertiary alicyclic amines) is 2. The first-order valence-corrected chi connectivity index (χ1v) is 9.39. The van der Waals surface area contributed by atoms with Gasteiger partial charge in [0.05, 0.1) is 0 Å². The van der Waals surface area contributed by atoms with Gasteiger partial charge in [-0.25, -0.2) is 0 Å². The van der Waals surface area contributed by atoms with E-state index in [1.807, 2.05) is 47.2 Å². The largest absolute Gasteiger partial charge is 0.451 e. The van der Waals surface area contributed by atoms with Crippen molar-refractivity contribution in [2.24, 2.45) is 5.92 Å². The van der Waals surface area contributed by atoms with Crippen molar-refractivity contribution in [1.29, 1.82) is 0 Å². The molecule has 0 aliphatic carbocycles. The lowest BCUT2D eigenvalue weighted by Gasteiger charge is -2.47. The number of halogens is 1. The number of carbonyl (C=O) groups is 2. The van der Waals surface area contributed by atoms with Crippen molar-refractivity contribution in [3.8, 4) is 0 Å². The molecular formula is C20H26ClN3O3. The summed E-state index contributed by atoms with van der Waals surface area (Å²) < 4.78 is 5.75. The summed E-state index contributed by atoms with van der Waals surface area (Å²) in [4.78, 5) is 29.1. The van der Waals surface area contributed by atoms with Crippen molar-refractivity contribution in [2.75, 3.05) is 33.2 Å². The van der Waals surface area contributed by atoms with Crippen LogP contribution in [0.1, 0.15) is 29.8 Å². The summed E-state index contributed by atoms with van der Waals surface area (Å²) in [6.07, 6.45) is 2.28. The summed E-state index contributed by atoms with van der Waals surface area (Å²) in [6, 6.07) is 9.76. The van der Waals surface area contributed by atoms with Gasteiger partial charge in [0.1, 0.15) is 5.58 Å². The van der Waals surface area contributed by atoms with Crippen LogP contribution in [0.3, 0.4) is 0 Å². The minimum atomic E-state index is -0.0432. The normalized spacial score (nSPS) is 22.5. The number of furan rings is 1. The molecule has 4 rings (SSSR count). The van der Waals surface area contributed by atoms with Gasteiger partial charge in [-0.05, 0) is 37.9 Å². The fraction of sp³-hybridized carbons (Fsp3) is 0.500. The Balaban J connectivity index is 0.00000210. The van der Waals surface area contributed by atoms with Gasteiger partial charge >= 0.3 is 0 Å². The lowest BCUT2D eigenvalue weighted by molar-refractivity contribution is -0.140. The molecule has 0 unspecified atom stereocenters. The van der Waals surface area contributed by atoms with E-state index in [1.54, 1.807) is 0 Å². The number of para-hydroxylation sites is 1. The molecule has 1 aromatic heterocycles. The topological polar surface area (TPSA) is 65.8 Å². The van der Waals surface area contributed by atoms with Crippen molar-refractivity contribution in [3.63, 3.8) is 0 Å². The number of nitrogens with zero attached hydrogens (tertiary/aromatic N) is 2. The van der Waals surface area contributed by atoms with Crippen molar-refractivity contribution < 1.29 is 14.0 Å². The molecule has 2 aliphatic rings. The maximum absolute atomic E-state index is 12.9. The lowest BCUT2D eigenvalue weighted by Crippen LogP contribution is -2.57. The van der Waals surface area contributed by atoms with Crippen LogP contribution < -0.4 is 5.32 Å². The summed E-state index contributed by atoms with van der Waals surface area (Å²) in [5.74, 6) is 0.965. The van der Waals surface area contributed by atoms with Crippen LogP contribution in [0.4, 0.5) is 0 Å². The highest BCUT2D eigenvalue weighted by molar-refractivity contribution is 5.96. The SMILES string of the molecule is CNCCN1C(=O)CC[C@H]2CN(C(=O)c3cc4ccccc4o3)CC[C@H]21.Cl. The van der Waals surface area contributed by atoms with E-state index in [4.69, 9.17) is 4.42 Å². The van der Waals surface area contributed by atoms with Crippen molar-refractivity contribution in [2.45, 2.75) is 25.3 Å². The minimum absolute atomic E-state index is 0. The number of likely N-dealkylation sites (N-methyl/N-ethyl adjacent to an activating group) is 1. The number of rotatable bonds is 4. The number of fused-ring (bicyclic) bond motifs is 2. The van der Waals surface area contributed by atoms with Crippen LogP contribution in [0, 0.1) is 5.92 Å². The summed E-state index contributed by atoms with van der Waals surface area (Å²) in [5.41, 5.74) is 0.743. The Labute approximate surface area is 165 Å². The molecule has 27 heavy (non-hydrogen) atoms. The number of carbonyl (C=O) groups excluding carboxylic acids is 2. The fourth-order valence-electron chi connectivity index (χ4n) is 4.30. The number of piperidine rings is 2. The average molecular weight is 392 g/mol. The number of amides is 2. The van der Waals surface area contributed by atoms with Crippen LogP contribution in [-0.4, -0.2) is 60.9 Å². The molecule has 2 amide bonds. The molecule has 2 aliphatic heterocycles. The molecule has 3 heterocycles. The molecule has 6 nitrogen and oxygen atoms in total.